The Morgan fingerprint density at radius 1 is 1.22 bits per heavy atom. The summed E-state index contributed by atoms with van der Waals surface area (Å²) in [6.45, 7) is 0.562. The van der Waals surface area contributed by atoms with Crippen LogP contribution >= 0.6 is 0 Å². The number of halogens is 2. The molecule has 1 amide bonds. The van der Waals surface area contributed by atoms with Crippen molar-refractivity contribution >= 4 is 16.8 Å². The van der Waals surface area contributed by atoms with Crippen LogP contribution in [0.25, 0.3) is 22.0 Å². The number of rotatable bonds is 6. The van der Waals surface area contributed by atoms with E-state index in [0.29, 0.717) is 35.4 Å². The smallest absolute Gasteiger partial charge is 0.253 e. The van der Waals surface area contributed by atoms with E-state index in [-0.39, 0.29) is 24.1 Å². The number of aliphatic hydroxyl groups is 1. The molecule has 0 aliphatic carbocycles. The maximum Gasteiger partial charge on any atom is 0.253 e. The normalized spacial score (nSPS) is 17.9. The molecule has 1 fully saturated rings. The van der Waals surface area contributed by atoms with E-state index >= 15 is 8.78 Å². The number of carbonyl (C=O) groups is 1. The van der Waals surface area contributed by atoms with Crippen LogP contribution in [-0.2, 0) is 18.3 Å². The Balaban J connectivity index is 1.52. The van der Waals surface area contributed by atoms with Crippen molar-refractivity contribution in [2.75, 3.05) is 20.3 Å². The standard InChI is InChI=1S/C26H26F2N4O4/c1-31-11-17(10-29-31)15-3-4-16(20(28)9-15)12-32-13-18(24-19(27)5-6-23(35-2)25(24)32)26(34)30-21-7-8-36-14-22(21)33/h3-6,9-11,13,21-22,33H,7-8,12,14H2,1-2H3,(H,30,34)/t21-,22-/m0/s1. The fourth-order valence-electron chi connectivity index (χ4n) is 4.58. The number of aliphatic hydroxyl groups excluding tert-OH is 1. The van der Waals surface area contributed by atoms with E-state index < -0.39 is 29.7 Å². The van der Waals surface area contributed by atoms with Crippen molar-refractivity contribution in [1.82, 2.24) is 19.7 Å². The molecule has 2 atom stereocenters. The predicted molar refractivity (Wildman–Crippen MR) is 129 cm³/mol. The van der Waals surface area contributed by atoms with Gasteiger partial charge < -0.3 is 24.5 Å². The number of ether oxygens (including phenoxy) is 2. The van der Waals surface area contributed by atoms with Crippen LogP contribution in [0.1, 0.15) is 22.3 Å². The van der Waals surface area contributed by atoms with E-state index in [1.165, 1.54) is 31.5 Å². The van der Waals surface area contributed by atoms with E-state index in [2.05, 4.69) is 10.4 Å². The van der Waals surface area contributed by atoms with Crippen LogP contribution in [0.5, 0.6) is 5.75 Å². The highest BCUT2D eigenvalue weighted by Gasteiger charge is 2.28. The third-order valence-corrected chi connectivity index (χ3v) is 6.47. The third-order valence-electron chi connectivity index (χ3n) is 6.47. The summed E-state index contributed by atoms with van der Waals surface area (Å²) in [5.41, 5.74) is 2.24. The lowest BCUT2D eigenvalue weighted by Crippen LogP contribution is -2.48. The third kappa shape index (κ3) is 4.45. The number of aryl methyl sites for hydroxylation is 1. The van der Waals surface area contributed by atoms with Crippen LogP contribution in [0.4, 0.5) is 8.78 Å². The number of amides is 1. The number of aromatic nitrogens is 3. The molecule has 2 N–H and O–H groups in total. The first kappa shape index (κ1) is 24.0. The van der Waals surface area contributed by atoms with Gasteiger partial charge in [-0.15, -0.1) is 0 Å². The van der Waals surface area contributed by atoms with Crippen molar-refractivity contribution in [3.8, 4) is 16.9 Å². The molecule has 0 spiro atoms. The summed E-state index contributed by atoms with van der Waals surface area (Å²) in [6, 6.07) is 7.06. The number of hydrogen-bond donors (Lipinski definition) is 2. The highest BCUT2D eigenvalue weighted by Crippen LogP contribution is 2.33. The van der Waals surface area contributed by atoms with E-state index in [1.54, 1.807) is 40.8 Å². The Hall–Kier alpha value is -3.76. The van der Waals surface area contributed by atoms with Crippen molar-refractivity contribution in [3.63, 3.8) is 0 Å². The molecule has 36 heavy (non-hydrogen) atoms. The fourth-order valence-corrected chi connectivity index (χ4v) is 4.58. The molecule has 188 valence electrons. The maximum atomic E-state index is 15.1. The highest BCUT2D eigenvalue weighted by atomic mass is 19.1. The highest BCUT2D eigenvalue weighted by molar-refractivity contribution is 6.08. The van der Waals surface area contributed by atoms with Gasteiger partial charge >= 0.3 is 0 Å². The van der Waals surface area contributed by atoms with E-state index in [9.17, 15) is 9.90 Å². The second-order valence-electron chi connectivity index (χ2n) is 8.86. The second kappa shape index (κ2) is 9.71. The van der Waals surface area contributed by atoms with Gasteiger partial charge in [0, 0.05) is 37.2 Å². The van der Waals surface area contributed by atoms with Gasteiger partial charge in [-0.1, -0.05) is 12.1 Å². The van der Waals surface area contributed by atoms with Gasteiger partial charge in [-0.05, 0) is 30.2 Å². The molecule has 1 aliphatic heterocycles. The lowest BCUT2D eigenvalue weighted by atomic mass is 10.1. The average molecular weight is 497 g/mol. The van der Waals surface area contributed by atoms with Gasteiger partial charge in [0.15, 0.2) is 0 Å². The topological polar surface area (TPSA) is 90.5 Å². The van der Waals surface area contributed by atoms with Gasteiger partial charge in [0.05, 0.1) is 55.1 Å². The van der Waals surface area contributed by atoms with Crippen molar-refractivity contribution < 1.29 is 28.2 Å². The quantitative estimate of drug-likeness (QED) is 0.428. The predicted octanol–water partition coefficient (Wildman–Crippen LogP) is 3.26. The molecule has 1 aliphatic rings. The van der Waals surface area contributed by atoms with Gasteiger partial charge in [-0.25, -0.2) is 8.78 Å². The first-order valence-corrected chi connectivity index (χ1v) is 11.5. The number of fused-ring (bicyclic) bond motifs is 1. The minimum absolute atomic E-state index is 0.0443. The van der Waals surface area contributed by atoms with Crippen LogP contribution < -0.4 is 10.1 Å². The first-order chi connectivity index (χ1) is 17.4. The Kier molecular flexibility index (Phi) is 6.46. The van der Waals surface area contributed by atoms with Crippen molar-refractivity contribution in [2.24, 2.45) is 7.05 Å². The summed E-state index contributed by atoms with van der Waals surface area (Å²) in [5.74, 6) is -1.23. The van der Waals surface area contributed by atoms with Gasteiger partial charge in [0.2, 0.25) is 0 Å². The molecule has 0 unspecified atom stereocenters. The SMILES string of the molecule is COc1ccc(F)c2c(C(=O)N[C@H]3CCOC[C@@H]3O)cn(Cc3ccc(-c4cnn(C)c4)cc3F)c12. The van der Waals surface area contributed by atoms with Crippen molar-refractivity contribution in [2.45, 2.75) is 25.1 Å². The molecule has 0 radical (unpaired) electrons. The zero-order valence-corrected chi connectivity index (χ0v) is 19.9. The zero-order chi connectivity index (χ0) is 25.4. The molecule has 0 bridgehead atoms. The van der Waals surface area contributed by atoms with Gasteiger partial charge in [0.1, 0.15) is 17.4 Å². The molecule has 2 aromatic carbocycles. The molecular weight excluding hydrogens is 470 g/mol. The fraction of sp³-hybridized carbons (Fsp3) is 0.308. The van der Waals surface area contributed by atoms with Crippen LogP contribution in [0.15, 0.2) is 48.9 Å². The number of nitrogens with zero attached hydrogens (tertiary/aromatic N) is 3. The number of carbonyl (C=O) groups excluding carboxylic acids is 1. The van der Waals surface area contributed by atoms with E-state index in [1.807, 2.05) is 0 Å². The molecule has 1 saturated heterocycles. The molecule has 8 nitrogen and oxygen atoms in total. The number of nitrogens with one attached hydrogen (secondary N) is 1. The summed E-state index contributed by atoms with van der Waals surface area (Å²) in [4.78, 5) is 13.2. The van der Waals surface area contributed by atoms with Crippen LogP contribution in [0.2, 0.25) is 0 Å². The Morgan fingerprint density at radius 2 is 2.06 bits per heavy atom. The number of benzene rings is 2. The van der Waals surface area contributed by atoms with E-state index in [0.717, 1.165) is 5.56 Å². The Bertz CT molecular complexity index is 1430. The lowest BCUT2D eigenvalue weighted by molar-refractivity contribution is -0.0260. The Morgan fingerprint density at radius 3 is 2.75 bits per heavy atom. The summed E-state index contributed by atoms with van der Waals surface area (Å²) in [6.07, 6.45) is 4.52. The zero-order valence-electron chi connectivity index (χ0n) is 19.9. The summed E-state index contributed by atoms with van der Waals surface area (Å²) >= 11 is 0. The molecule has 2 aromatic heterocycles. The maximum absolute atomic E-state index is 15.1. The number of methoxy groups -OCH3 is 1. The van der Waals surface area contributed by atoms with Gasteiger partial charge in [0.25, 0.3) is 5.91 Å². The minimum atomic E-state index is -0.858. The van der Waals surface area contributed by atoms with Crippen LogP contribution in [0.3, 0.4) is 0 Å². The van der Waals surface area contributed by atoms with Crippen molar-refractivity contribution in [3.05, 3.63) is 71.7 Å². The van der Waals surface area contributed by atoms with E-state index in [4.69, 9.17) is 9.47 Å². The molecule has 0 saturated carbocycles. The van der Waals surface area contributed by atoms with Crippen LogP contribution in [-0.4, -0.2) is 57.8 Å². The summed E-state index contributed by atoms with van der Waals surface area (Å²) in [7, 11) is 3.24. The molecule has 3 heterocycles. The molecule has 4 aromatic rings. The largest absolute Gasteiger partial charge is 0.495 e. The van der Waals surface area contributed by atoms with Crippen LogP contribution in [0, 0.1) is 11.6 Å². The molecule has 5 rings (SSSR count). The minimum Gasteiger partial charge on any atom is -0.495 e. The van der Waals surface area contributed by atoms with Gasteiger partial charge in [-0.3, -0.25) is 9.48 Å². The van der Waals surface area contributed by atoms with Crippen molar-refractivity contribution in [1.29, 1.82) is 0 Å². The second-order valence-corrected chi connectivity index (χ2v) is 8.86. The summed E-state index contributed by atoms with van der Waals surface area (Å²) < 4.78 is 44.1. The first-order valence-electron chi connectivity index (χ1n) is 11.5. The molecular formula is C26H26F2N4O4. The monoisotopic (exact) mass is 496 g/mol. The average Bonchev–Trinajstić information content (AvgIpc) is 3.47. The van der Waals surface area contributed by atoms with Gasteiger partial charge in [-0.2, -0.15) is 5.10 Å². The Labute approximate surface area is 206 Å². The lowest BCUT2D eigenvalue weighted by Gasteiger charge is -2.28. The molecule has 10 heteroatoms. The summed E-state index contributed by atoms with van der Waals surface area (Å²) in [5, 5.41) is 17.1. The number of hydrogen-bond acceptors (Lipinski definition) is 5.